The monoisotopic (exact) mass is 476 g/mol. The molecule has 3 saturated heterocycles. The molecule has 8 atom stereocenters. The lowest BCUT2D eigenvalue weighted by atomic mass is 9.76. The summed E-state index contributed by atoms with van der Waals surface area (Å²) in [5.74, 6) is -2.97. The van der Waals surface area contributed by atoms with Crippen LogP contribution in [0.25, 0.3) is 0 Å². The van der Waals surface area contributed by atoms with Crippen LogP contribution < -0.4 is 0 Å². The van der Waals surface area contributed by atoms with Gasteiger partial charge in [0.05, 0.1) is 18.6 Å². The summed E-state index contributed by atoms with van der Waals surface area (Å²) in [7, 11) is 0. The summed E-state index contributed by atoms with van der Waals surface area (Å²) in [6, 6.07) is 9.49. The van der Waals surface area contributed by atoms with Crippen molar-refractivity contribution in [1.29, 1.82) is 0 Å². The van der Waals surface area contributed by atoms with E-state index in [1.807, 2.05) is 37.3 Å². The fraction of sp³-hybridized carbons (Fsp3) is 0.654. The van der Waals surface area contributed by atoms with Gasteiger partial charge in [-0.1, -0.05) is 44.2 Å². The van der Waals surface area contributed by atoms with Crippen LogP contribution in [0.1, 0.15) is 59.4 Å². The molecule has 0 aromatic heterocycles. The van der Waals surface area contributed by atoms with Crippen LogP contribution >= 0.6 is 0 Å². The average molecular weight is 477 g/mol. The van der Waals surface area contributed by atoms with Gasteiger partial charge in [0, 0.05) is 6.42 Å². The van der Waals surface area contributed by atoms with Crippen molar-refractivity contribution >= 4 is 17.5 Å². The van der Waals surface area contributed by atoms with Gasteiger partial charge in [-0.15, -0.1) is 0 Å². The highest BCUT2D eigenvalue weighted by molar-refractivity contribution is 5.96. The summed E-state index contributed by atoms with van der Waals surface area (Å²) in [5.41, 5.74) is -2.18. The molecule has 1 unspecified atom stereocenters. The lowest BCUT2D eigenvalue weighted by molar-refractivity contribution is -0.227. The minimum Gasteiger partial charge on any atom is -0.459 e. The first-order valence-corrected chi connectivity index (χ1v) is 11.9. The number of ketones is 2. The first-order chi connectivity index (χ1) is 15.9. The van der Waals surface area contributed by atoms with Gasteiger partial charge in [0.2, 0.25) is 0 Å². The number of esters is 1. The summed E-state index contributed by atoms with van der Waals surface area (Å²) in [5, 5.41) is 21.7. The number of hydrogen-bond acceptors (Lipinski definition) is 8. The molecule has 2 bridgehead atoms. The fourth-order valence-corrected chi connectivity index (χ4v) is 4.77. The van der Waals surface area contributed by atoms with E-state index in [2.05, 4.69) is 0 Å². The zero-order valence-electron chi connectivity index (χ0n) is 20.5. The maximum atomic E-state index is 13.3. The zero-order valence-corrected chi connectivity index (χ0v) is 20.5. The van der Waals surface area contributed by atoms with Crippen LogP contribution in [-0.4, -0.2) is 63.4 Å². The lowest BCUT2D eigenvalue weighted by Crippen LogP contribution is -2.66. The normalized spacial score (nSPS) is 39.7. The Morgan fingerprint density at radius 1 is 1.12 bits per heavy atom. The Balaban J connectivity index is 1.91. The Labute approximate surface area is 200 Å². The fourth-order valence-electron chi connectivity index (χ4n) is 4.77. The predicted molar refractivity (Wildman–Crippen MR) is 123 cm³/mol. The molecule has 2 N–H and O–H groups in total. The molecule has 8 nitrogen and oxygen atoms in total. The highest BCUT2D eigenvalue weighted by atomic mass is 16.6. The lowest BCUT2D eigenvalue weighted by Gasteiger charge is -2.48. The van der Waals surface area contributed by atoms with E-state index >= 15 is 0 Å². The average Bonchev–Trinajstić information content (AvgIpc) is 2.81. The number of carbonyl (C=O) groups excluding carboxylic acids is 3. The van der Waals surface area contributed by atoms with Crippen molar-refractivity contribution in [3.63, 3.8) is 0 Å². The number of rotatable bonds is 4. The third-order valence-electron chi connectivity index (χ3n) is 7.22. The highest BCUT2D eigenvalue weighted by Gasteiger charge is 2.57. The smallest absolute Gasteiger partial charge is 0.311 e. The summed E-state index contributed by atoms with van der Waals surface area (Å²) in [4.78, 5) is 38.9. The molecule has 3 aliphatic rings. The first kappa shape index (κ1) is 26.5. The summed E-state index contributed by atoms with van der Waals surface area (Å²) in [6.07, 6.45) is -3.93. The second-order valence-electron chi connectivity index (χ2n) is 10.0. The SMILES string of the molecule is CC[C@H]1OC(=O)[C@H](C)[C@@H](O)C2O[C@@](C)(C[C@@H](C)[C@H](OCc3ccccc3)CC(=O)[C@]1(C)O)C2=O. The summed E-state index contributed by atoms with van der Waals surface area (Å²) in [6.45, 7) is 8.23. The number of Topliss-reactive ketones (excluding diaryl/α,β-unsaturated/α-hetero) is 2. The van der Waals surface area contributed by atoms with E-state index in [-0.39, 0.29) is 37.6 Å². The van der Waals surface area contributed by atoms with E-state index in [0.29, 0.717) is 0 Å². The standard InChI is InChI=1S/C26H36O8/c1-6-20-26(5,31)19(27)12-18(32-14-17-10-8-7-9-11-17)15(2)13-25(4)23(29)22(34-25)21(28)16(3)24(30)33-20/h7-11,15-16,18,20-22,28,31H,6,12-14H2,1-5H3/t15-,16-,18-,20-,21-,22?,25+,26+/m1/s1. The second-order valence-corrected chi connectivity index (χ2v) is 10.0. The van der Waals surface area contributed by atoms with Gasteiger partial charge in [-0.25, -0.2) is 0 Å². The van der Waals surface area contributed by atoms with Crippen LogP contribution in [0, 0.1) is 11.8 Å². The van der Waals surface area contributed by atoms with Crippen LogP contribution in [0.3, 0.4) is 0 Å². The van der Waals surface area contributed by atoms with E-state index < -0.39 is 53.3 Å². The maximum Gasteiger partial charge on any atom is 0.311 e. The van der Waals surface area contributed by atoms with Crippen LogP contribution in [0.4, 0.5) is 0 Å². The first-order valence-electron chi connectivity index (χ1n) is 11.9. The van der Waals surface area contributed by atoms with Crippen molar-refractivity contribution in [2.45, 2.75) is 96.1 Å². The third-order valence-corrected chi connectivity index (χ3v) is 7.22. The van der Waals surface area contributed by atoms with Crippen molar-refractivity contribution in [2.75, 3.05) is 0 Å². The van der Waals surface area contributed by atoms with E-state index in [0.717, 1.165) is 5.56 Å². The molecule has 0 spiro atoms. The Hall–Kier alpha value is -2.13. The molecule has 0 saturated carbocycles. The van der Waals surface area contributed by atoms with Crippen molar-refractivity contribution < 1.29 is 38.8 Å². The molecule has 8 heteroatoms. The maximum absolute atomic E-state index is 13.3. The minimum atomic E-state index is -1.94. The van der Waals surface area contributed by atoms with Gasteiger partial charge in [-0.3, -0.25) is 14.4 Å². The molecule has 3 heterocycles. The number of carbonyl (C=O) groups is 3. The van der Waals surface area contributed by atoms with Gasteiger partial charge in [0.1, 0.15) is 23.9 Å². The van der Waals surface area contributed by atoms with E-state index in [1.165, 1.54) is 13.8 Å². The van der Waals surface area contributed by atoms with Crippen molar-refractivity contribution in [3.8, 4) is 0 Å². The number of benzene rings is 1. The summed E-state index contributed by atoms with van der Waals surface area (Å²) >= 11 is 0. The molecule has 188 valence electrons. The molecule has 0 amide bonds. The predicted octanol–water partition coefficient (Wildman–Crippen LogP) is 2.37. The molecule has 0 aliphatic carbocycles. The topological polar surface area (TPSA) is 119 Å². The van der Waals surface area contributed by atoms with Crippen LogP contribution in [-0.2, 0) is 35.2 Å². The third kappa shape index (κ3) is 5.25. The minimum absolute atomic E-state index is 0.124. The van der Waals surface area contributed by atoms with Crippen LogP contribution in [0.2, 0.25) is 0 Å². The molecular formula is C26H36O8. The van der Waals surface area contributed by atoms with Crippen molar-refractivity contribution in [2.24, 2.45) is 11.8 Å². The van der Waals surface area contributed by atoms with Gasteiger partial charge in [-0.05, 0) is 45.1 Å². The number of hydrogen-bond donors (Lipinski definition) is 2. The van der Waals surface area contributed by atoms with Crippen LogP contribution in [0.5, 0.6) is 0 Å². The Morgan fingerprint density at radius 3 is 2.35 bits per heavy atom. The van der Waals surface area contributed by atoms with E-state index in [9.17, 15) is 24.6 Å². The van der Waals surface area contributed by atoms with Gasteiger partial charge in [0.25, 0.3) is 0 Å². The molecule has 1 aromatic rings. The molecule has 1 aromatic carbocycles. The molecular weight excluding hydrogens is 440 g/mol. The molecule has 4 rings (SSSR count). The Bertz CT molecular complexity index is 897. The van der Waals surface area contributed by atoms with Gasteiger partial charge in [0.15, 0.2) is 17.2 Å². The molecule has 3 fully saturated rings. The van der Waals surface area contributed by atoms with Gasteiger partial charge >= 0.3 is 5.97 Å². The summed E-state index contributed by atoms with van der Waals surface area (Å²) < 4.78 is 17.4. The van der Waals surface area contributed by atoms with Crippen molar-refractivity contribution in [1.82, 2.24) is 0 Å². The highest BCUT2D eigenvalue weighted by Crippen LogP contribution is 2.40. The number of aliphatic hydroxyl groups is 2. The Morgan fingerprint density at radius 2 is 1.76 bits per heavy atom. The number of ether oxygens (including phenoxy) is 3. The van der Waals surface area contributed by atoms with Gasteiger partial charge in [-0.2, -0.15) is 0 Å². The molecule has 34 heavy (non-hydrogen) atoms. The largest absolute Gasteiger partial charge is 0.459 e. The van der Waals surface area contributed by atoms with Gasteiger partial charge < -0.3 is 24.4 Å². The molecule has 0 radical (unpaired) electrons. The quantitative estimate of drug-likeness (QED) is 0.636. The van der Waals surface area contributed by atoms with Crippen molar-refractivity contribution in [3.05, 3.63) is 35.9 Å². The van der Waals surface area contributed by atoms with E-state index in [1.54, 1.807) is 13.8 Å². The zero-order chi connectivity index (χ0) is 25.3. The second kappa shape index (κ2) is 10.2. The number of fused-ring (bicyclic) bond motifs is 10. The molecule has 3 aliphatic heterocycles. The Kier molecular flexibility index (Phi) is 7.97. The van der Waals surface area contributed by atoms with Crippen LogP contribution in [0.15, 0.2) is 30.3 Å². The number of aliphatic hydroxyl groups excluding tert-OH is 1. The van der Waals surface area contributed by atoms with E-state index in [4.69, 9.17) is 14.2 Å².